The first-order valence-corrected chi connectivity index (χ1v) is 8.51. The molecule has 0 saturated carbocycles. The fourth-order valence-corrected chi connectivity index (χ4v) is 2.70. The third kappa shape index (κ3) is 5.59. The van der Waals surface area contributed by atoms with E-state index in [-0.39, 0.29) is 5.91 Å². The highest BCUT2D eigenvalue weighted by Gasteiger charge is 2.38. The van der Waals surface area contributed by atoms with Crippen molar-refractivity contribution >= 4 is 11.9 Å². The van der Waals surface area contributed by atoms with Crippen LogP contribution in [0, 0.1) is 0 Å². The van der Waals surface area contributed by atoms with Crippen LogP contribution >= 0.6 is 0 Å². The van der Waals surface area contributed by atoms with Crippen LogP contribution in [0.5, 0.6) is 0 Å². The minimum Gasteiger partial charge on any atom is -0.475 e. The van der Waals surface area contributed by atoms with Crippen LogP contribution in [0.2, 0.25) is 0 Å². The third-order valence-corrected chi connectivity index (χ3v) is 4.29. The van der Waals surface area contributed by atoms with Crippen molar-refractivity contribution < 1.29 is 27.9 Å². The summed E-state index contributed by atoms with van der Waals surface area (Å²) in [6, 6.07) is 3.69. The minimum atomic E-state index is -5.08. The predicted octanol–water partition coefficient (Wildman–Crippen LogP) is 1.27. The number of aliphatic carboxylic acids is 1. The molecule has 2 aromatic rings. The van der Waals surface area contributed by atoms with Gasteiger partial charge in [0.25, 0.3) is 5.91 Å². The van der Waals surface area contributed by atoms with Crippen molar-refractivity contribution in [2.45, 2.75) is 25.7 Å². The molecular weight excluding hydrogens is 379 g/mol. The lowest BCUT2D eigenvalue weighted by atomic mass is 10.3. The standard InChI is InChI=1S/C15H21N5O.C2HF3O2/c1-18-7-5-14-16-10-12(20(14)9-8-18)11-17-15(21)13-4-3-6-19(13)2;3-2(4,5)1(6)7/h3-4,6,10H,5,7-9,11H2,1-2H3,(H,17,21);(H,6,7). The number of carbonyl (C=O) groups is 2. The number of carboxylic acids is 1. The number of amides is 1. The Morgan fingerprint density at radius 2 is 1.93 bits per heavy atom. The molecule has 0 atom stereocenters. The van der Waals surface area contributed by atoms with Crippen LogP contribution in [0.25, 0.3) is 0 Å². The Morgan fingerprint density at radius 3 is 2.50 bits per heavy atom. The number of carbonyl (C=O) groups excluding carboxylic acids is 1. The van der Waals surface area contributed by atoms with E-state index in [1.807, 2.05) is 36.1 Å². The number of nitrogens with zero attached hydrogens (tertiary/aromatic N) is 4. The summed E-state index contributed by atoms with van der Waals surface area (Å²) in [4.78, 5) is 27.8. The molecule has 0 fully saturated rings. The van der Waals surface area contributed by atoms with Gasteiger partial charge in [-0.05, 0) is 19.2 Å². The van der Waals surface area contributed by atoms with Crippen LogP contribution in [-0.2, 0) is 31.4 Å². The van der Waals surface area contributed by atoms with Gasteiger partial charge in [-0.1, -0.05) is 0 Å². The van der Waals surface area contributed by atoms with Crippen LogP contribution in [0.4, 0.5) is 13.2 Å². The van der Waals surface area contributed by atoms with Gasteiger partial charge in [-0.15, -0.1) is 0 Å². The molecule has 11 heteroatoms. The average molecular weight is 401 g/mol. The van der Waals surface area contributed by atoms with E-state index in [1.54, 1.807) is 0 Å². The van der Waals surface area contributed by atoms with Gasteiger partial charge in [-0.25, -0.2) is 9.78 Å². The maximum Gasteiger partial charge on any atom is 0.490 e. The fraction of sp³-hybridized carbons (Fsp3) is 0.471. The van der Waals surface area contributed by atoms with Crippen LogP contribution < -0.4 is 5.32 Å². The van der Waals surface area contributed by atoms with Crippen molar-refractivity contribution in [3.63, 3.8) is 0 Å². The molecule has 0 spiro atoms. The van der Waals surface area contributed by atoms with Crippen molar-refractivity contribution in [2.24, 2.45) is 7.05 Å². The van der Waals surface area contributed by atoms with Gasteiger partial charge in [0.15, 0.2) is 0 Å². The number of rotatable bonds is 3. The molecule has 1 aliphatic rings. The predicted molar refractivity (Wildman–Crippen MR) is 93.7 cm³/mol. The molecule has 0 bridgehead atoms. The zero-order chi connectivity index (χ0) is 20.9. The second-order valence-corrected chi connectivity index (χ2v) is 6.36. The largest absolute Gasteiger partial charge is 0.490 e. The number of halogens is 3. The zero-order valence-electron chi connectivity index (χ0n) is 15.5. The highest BCUT2D eigenvalue weighted by Crippen LogP contribution is 2.13. The maximum absolute atomic E-state index is 12.1. The summed E-state index contributed by atoms with van der Waals surface area (Å²) in [5, 5.41) is 10.1. The van der Waals surface area contributed by atoms with Crippen LogP contribution in [0.15, 0.2) is 24.5 Å². The number of hydrogen-bond acceptors (Lipinski definition) is 4. The molecule has 28 heavy (non-hydrogen) atoms. The lowest BCUT2D eigenvalue weighted by Gasteiger charge is -2.13. The summed E-state index contributed by atoms with van der Waals surface area (Å²) in [5.41, 5.74) is 1.74. The zero-order valence-corrected chi connectivity index (χ0v) is 15.5. The number of carboxylic acid groups (broad SMARTS) is 1. The van der Waals surface area contributed by atoms with Crippen LogP contribution in [0.1, 0.15) is 22.0 Å². The van der Waals surface area contributed by atoms with E-state index in [2.05, 4.69) is 26.8 Å². The monoisotopic (exact) mass is 401 g/mol. The van der Waals surface area contributed by atoms with Gasteiger partial charge in [0, 0.05) is 39.3 Å². The smallest absolute Gasteiger partial charge is 0.475 e. The fourth-order valence-electron chi connectivity index (χ4n) is 2.70. The summed E-state index contributed by atoms with van der Waals surface area (Å²) < 4.78 is 35.8. The van der Waals surface area contributed by atoms with Gasteiger partial charge in [-0.3, -0.25) is 4.79 Å². The third-order valence-electron chi connectivity index (χ3n) is 4.29. The molecule has 2 N–H and O–H groups in total. The number of hydrogen-bond donors (Lipinski definition) is 2. The number of imidazole rings is 1. The molecule has 0 unspecified atom stereocenters. The molecule has 8 nitrogen and oxygen atoms in total. The maximum atomic E-state index is 12.1. The molecule has 0 radical (unpaired) electrons. The molecule has 0 aromatic carbocycles. The van der Waals surface area contributed by atoms with Gasteiger partial charge in [0.05, 0.1) is 18.4 Å². The Morgan fingerprint density at radius 1 is 1.25 bits per heavy atom. The molecule has 3 rings (SSSR count). The first kappa shape index (κ1) is 21.5. The van der Waals surface area contributed by atoms with Crippen LogP contribution in [-0.4, -0.2) is 62.3 Å². The number of aryl methyl sites for hydroxylation is 1. The second-order valence-electron chi connectivity index (χ2n) is 6.36. The van der Waals surface area contributed by atoms with Gasteiger partial charge in [0.2, 0.25) is 0 Å². The average Bonchev–Trinajstić information content (AvgIpc) is 3.16. The van der Waals surface area contributed by atoms with E-state index >= 15 is 0 Å². The molecular formula is C17H22F3N5O3. The first-order valence-electron chi connectivity index (χ1n) is 8.51. The van der Waals surface area contributed by atoms with Gasteiger partial charge >= 0.3 is 12.1 Å². The number of alkyl halides is 3. The Bertz CT molecular complexity index is 828. The van der Waals surface area contributed by atoms with E-state index in [0.29, 0.717) is 12.2 Å². The number of likely N-dealkylation sites (N-methyl/N-ethyl adjacent to an activating group) is 1. The van der Waals surface area contributed by atoms with E-state index in [1.165, 1.54) is 0 Å². The van der Waals surface area contributed by atoms with Crippen molar-refractivity contribution in [3.8, 4) is 0 Å². The molecule has 0 aliphatic carbocycles. The Kier molecular flexibility index (Phi) is 6.84. The SMILES string of the molecule is CN1CCc2ncc(CNC(=O)c3cccn3C)n2CC1.O=C(O)C(F)(F)F. The van der Waals surface area contributed by atoms with Crippen molar-refractivity contribution in [1.82, 2.24) is 24.3 Å². The number of aromatic nitrogens is 3. The lowest BCUT2D eigenvalue weighted by Crippen LogP contribution is -2.26. The highest BCUT2D eigenvalue weighted by atomic mass is 19.4. The first-order chi connectivity index (χ1) is 13.1. The Balaban J connectivity index is 0.000000345. The lowest BCUT2D eigenvalue weighted by molar-refractivity contribution is -0.192. The van der Waals surface area contributed by atoms with E-state index in [4.69, 9.17) is 9.90 Å². The molecule has 3 heterocycles. The van der Waals surface area contributed by atoms with Crippen molar-refractivity contribution in [1.29, 1.82) is 0 Å². The van der Waals surface area contributed by atoms with E-state index < -0.39 is 12.1 Å². The van der Waals surface area contributed by atoms with E-state index in [0.717, 1.165) is 37.6 Å². The summed E-state index contributed by atoms with van der Waals surface area (Å²) in [6.45, 7) is 3.50. The second kappa shape index (κ2) is 8.91. The number of nitrogens with one attached hydrogen (secondary N) is 1. The quantitative estimate of drug-likeness (QED) is 0.808. The van der Waals surface area contributed by atoms with Gasteiger partial charge in [-0.2, -0.15) is 13.2 Å². The molecule has 154 valence electrons. The summed E-state index contributed by atoms with van der Waals surface area (Å²) >= 11 is 0. The van der Waals surface area contributed by atoms with E-state index in [9.17, 15) is 18.0 Å². The normalized spacial score (nSPS) is 14.5. The van der Waals surface area contributed by atoms with Gasteiger partial charge < -0.3 is 24.5 Å². The molecule has 1 amide bonds. The summed E-state index contributed by atoms with van der Waals surface area (Å²) in [5.74, 6) is -1.70. The topological polar surface area (TPSA) is 92.4 Å². The van der Waals surface area contributed by atoms with Crippen LogP contribution in [0.3, 0.4) is 0 Å². The van der Waals surface area contributed by atoms with Crippen molar-refractivity contribution in [2.75, 3.05) is 20.1 Å². The molecule has 2 aromatic heterocycles. The molecule has 1 aliphatic heterocycles. The molecule has 0 saturated heterocycles. The Labute approximate surface area is 159 Å². The summed E-state index contributed by atoms with van der Waals surface area (Å²) in [6.07, 6.45) is -0.371. The summed E-state index contributed by atoms with van der Waals surface area (Å²) in [7, 11) is 4.00. The number of fused-ring (bicyclic) bond motifs is 1. The van der Waals surface area contributed by atoms with Gasteiger partial charge in [0.1, 0.15) is 11.5 Å². The van der Waals surface area contributed by atoms with Crippen molar-refractivity contribution in [3.05, 3.63) is 41.7 Å². The highest BCUT2D eigenvalue weighted by molar-refractivity contribution is 5.92. The Hall–Kier alpha value is -2.82. The minimum absolute atomic E-state index is 0.0520.